The number of amides is 1. The minimum Gasteiger partial charge on any atom is -0.304 e. The van der Waals surface area contributed by atoms with Gasteiger partial charge in [0.15, 0.2) is 11.5 Å². The third-order valence-corrected chi connectivity index (χ3v) is 3.58. The van der Waals surface area contributed by atoms with Crippen molar-refractivity contribution in [2.24, 2.45) is 7.05 Å². The van der Waals surface area contributed by atoms with Crippen molar-refractivity contribution in [1.29, 1.82) is 0 Å². The van der Waals surface area contributed by atoms with E-state index < -0.39 is 17.8 Å². The lowest BCUT2D eigenvalue weighted by molar-refractivity contribution is -0.141. The SMILES string of the molecule is Cn1nc(C(F)(F)F)cc1C(=O)Nc1ccn(Cc2ccccc2F)n1. The van der Waals surface area contributed by atoms with Crippen LogP contribution in [0, 0.1) is 5.82 Å². The molecule has 0 aliphatic rings. The summed E-state index contributed by atoms with van der Waals surface area (Å²) in [5, 5.41) is 9.73. The fraction of sp³-hybridized carbons (Fsp3) is 0.188. The molecule has 0 saturated heterocycles. The van der Waals surface area contributed by atoms with E-state index in [0.29, 0.717) is 11.6 Å². The van der Waals surface area contributed by atoms with Crippen LogP contribution < -0.4 is 5.32 Å². The Kier molecular flexibility index (Phi) is 4.49. The Hall–Kier alpha value is -3.17. The number of carbonyl (C=O) groups excluding carboxylic acids is 1. The van der Waals surface area contributed by atoms with E-state index in [9.17, 15) is 22.4 Å². The van der Waals surface area contributed by atoms with Crippen molar-refractivity contribution in [3.8, 4) is 0 Å². The largest absolute Gasteiger partial charge is 0.435 e. The number of nitrogens with one attached hydrogen (secondary N) is 1. The van der Waals surface area contributed by atoms with Crippen LogP contribution in [0.25, 0.3) is 0 Å². The molecule has 1 aromatic carbocycles. The van der Waals surface area contributed by atoms with Crippen molar-refractivity contribution >= 4 is 11.7 Å². The molecular formula is C16H13F4N5O. The van der Waals surface area contributed by atoms with Gasteiger partial charge in [-0.1, -0.05) is 18.2 Å². The van der Waals surface area contributed by atoms with Gasteiger partial charge < -0.3 is 5.32 Å². The van der Waals surface area contributed by atoms with Gasteiger partial charge in [-0.2, -0.15) is 23.4 Å². The molecule has 2 aromatic heterocycles. The Morgan fingerprint density at radius 3 is 2.58 bits per heavy atom. The van der Waals surface area contributed by atoms with Crippen LogP contribution in [-0.4, -0.2) is 25.5 Å². The summed E-state index contributed by atoms with van der Waals surface area (Å²) in [6.45, 7) is 0.145. The molecule has 26 heavy (non-hydrogen) atoms. The van der Waals surface area contributed by atoms with E-state index in [1.54, 1.807) is 18.2 Å². The molecule has 3 rings (SSSR count). The lowest BCUT2D eigenvalue weighted by Crippen LogP contribution is -2.16. The van der Waals surface area contributed by atoms with Crippen LogP contribution in [-0.2, 0) is 19.8 Å². The molecule has 0 fully saturated rings. The van der Waals surface area contributed by atoms with Gasteiger partial charge in [0.1, 0.15) is 11.5 Å². The predicted molar refractivity (Wildman–Crippen MR) is 83.9 cm³/mol. The van der Waals surface area contributed by atoms with Crippen molar-refractivity contribution in [1.82, 2.24) is 19.6 Å². The number of aromatic nitrogens is 4. The number of carbonyl (C=O) groups is 1. The van der Waals surface area contributed by atoms with Gasteiger partial charge in [0.2, 0.25) is 0 Å². The maximum absolute atomic E-state index is 13.6. The average molecular weight is 367 g/mol. The Balaban J connectivity index is 1.72. The number of aryl methyl sites for hydroxylation is 1. The Labute approximate surface area is 145 Å². The molecule has 0 unspecified atom stereocenters. The highest BCUT2D eigenvalue weighted by Crippen LogP contribution is 2.28. The van der Waals surface area contributed by atoms with Gasteiger partial charge in [-0.3, -0.25) is 14.2 Å². The normalized spacial score (nSPS) is 11.6. The van der Waals surface area contributed by atoms with Gasteiger partial charge in [0.05, 0.1) is 6.54 Å². The van der Waals surface area contributed by atoms with Gasteiger partial charge in [-0.05, 0) is 6.07 Å². The number of alkyl halides is 3. The molecule has 3 aromatic rings. The maximum atomic E-state index is 13.6. The number of rotatable bonds is 4. The minimum absolute atomic E-state index is 0.126. The van der Waals surface area contributed by atoms with E-state index in [1.165, 1.54) is 30.1 Å². The van der Waals surface area contributed by atoms with E-state index in [0.717, 1.165) is 4.68 Å². The van der Waals surface area contributed by atoms with E-state index in [2.05, 4.69) is 15.5 Å². The first kappa shape index (κ1) is 17.6. The van der Waals surface area contributed by atoms with E-state index >= 15 is 0 Å². The first-order valence-electron chi connectivity index (χ1n) is 7.43. The summed E-state index contributed by atoms with van der Waals surface area (Å²) in [6.07, 6.45) is -3.12. The number of hydrogen-bond acceptors (Lipinski definition) is 3. The fourth-order valence-corrected chi connectivity index (χ4v) is 2.32. The number of nitrogens with zero attached hydrogens (tertiary/aromatic N) is 4. The standard InChI is InChI=1S/C16H13F4N5O/c1-24-12(8-13(22-24)16(18,19)20)15(26)21-14-6-7-25(23-14)9-10-4-2-3-5-11(10)17/h2-8H,9H2,1H3,(H,21,23,26). The van der Waals surface area contributed by atoms with E-state index in [1.807, 2.05) is 0 Å². The van der Waals surface area contributed by atoms with Gasteiger partial charge in [0, 0.05) is 30.9 Å². The maximum Gasteiger partial charge on any atom is 0.435 e. The molecule has 0 bridgehead atoms. The molecule has 6 nitrogen and oxygen atoms in total. The number of anilines is 1. The predicted octanol–water partition coefficient (Wildman–Crippen LogP) is 3.08. The van der Waals surface area contributed by atoms with Crippen LogP contribution in [0.3, 0.4) is 0 Å². The zero-order chi connectivity index (χ0) is 18.9. The summed E-state index contributed by atoms with van der Waals surface area (Å²) in [5.74, 6) is -1.05. The van der Waals surface area contributed by atoms with Crippen molar-refractivity contribution in [3.63, 3.8) is 0 Å². The monoisotopic (exact) mass is 367 g/mol. The second-order valence-corrected chi connectivity index (χ2v) is 5.48. The molecular weight excluding hydrogens is 354 g/mol. The molecule has 0 aliphatic carbocycles. The lowest BCUT2D eigenvalue weighted by atomic mass is 10.2. The molecule has 136 valence electrons. The minimum atomic E-state index is -4.64. The van der Waals surface area contributed by atoms with Gasteiger partial charge >= 0.3 is 6.18 Å². The number of hydrogen-bond donors (Lipinski definition) is 1. The quantitative estimate of drug-likeness (QED) is 0.721. The smallest absolute Gasteiger partial charge is 0.304 e. The number of halogens is 4. The molecule has 0 radical (unpaired) electrons. The molecule has 2 heterocycles. The van der Waals surface area contributed by atoms with Crippen molar-refractivity contribution in [3.05, 3.63) is 65.4 Å². The second kappa shape index (κ2) is 6.62. The number of benzene rings is 1. The molecule has 0 saturated carbocycles. The Morgan fingerprint density at radius 2 is 1.92 bits per heavy atom. The lowest BCUT2D eigenvalue weighted by Gasteiger charge is -2.04. The summed E-state index contributed by atoms with van der Waals surface area (Å²) in [6, 6.07) is 8.29. The van der Waals surface area contributed by atoms with Gasteiger partial charge in [-0.25, -0.2) is 4.39 Å². The molecule has 0 aliphatic heterocycles. The van der Waals surface area contributed by atoms with Crippen LogP contribution >= 0.6 is 0 Å². The van der Waals surface area contributed by atoms with Crippen LogP contribution in [0.1, 0.15) is 21.7 Å². The van der Waals surface area contributed by atoms with Crippen molar-refractivity contribution in [2.75, 3.05) is 5.32 Å². The molecule has 0 spiro atoms. The average Bonchev–Trinajstić information content (AvgIpc) is 3.16. The van der Waals surface area contributed by atoms with Crippen LogP contribution in [0.2, 0.25) is 0 Å². The molecule has 1 amide bonds. The van der Waals surface area contributed by atoms with Crippen molar-refractivity contribution in [2.45, 2.75) is 12.7 Å². The van der Waals surface area contributed by atoms with Gasteiger partial charge in [0.25, 0.3) is 5.91 Å². The zero-order valence-corrected chi connectivity index (χ0v) is 13.5. The summed E-state index contributed by atoms with van der Waals surface area (Å²) in [7, 11) is 1.24. The van der Waals surface area contributed by atoms with Crippen LogP contribution in [0.15, 0.2) is 42.6 Å². The van der Waals surface area contributed by atoms with Crippen molar-refractivity contribution < 1.29 is 22.4 Å². The first-order valence-corrected chi connectivity index (χ1v) is 7.43. The highest BCUT2D eigenvalue weighted by atomic mass is 19.4. The highest BCUT2D eigenvalue weighted by Gasteiger charge is 2.35. The van der Waals surface area contributed by atoms with Gasteiger partial charge in [-0.15, -0.1) is 0 Å². The Morgan fingerprint density at radius 1 is 1.19 bits per heavy atom. The Bertz CT molecular complexity index is 944. The third-order valence-electron chi connectivity index (χ3n) is 3.58. The summed E-state index contributed by atoms with van der Waals surface area (Å²) >= 11 is 0. The fourth-order valence-electron chi connectivity index (χ4n) is 2.32. The molecule has 10 heteroatoms. The van der Waals surface area contributed by atoms with E-state index in [-0.39, 0.29) is 23.9 Å². The zero-order valence-electron chi connectivity index (χ0n) is 13.5. The summed E-state index contributed by atoms with van der Waals surface area (Å²) in [5.41, 5.74) is -1.01. The van der Waals surface area contributed by atoms with E-state index in [4.69, 9.17) is 0 Å². The second-order valence-electron chi connectivity index (χ2n) is 5.48. The summed E-state index contributed by atoms with van der Waals surface area (Å²) in [4.78, 5) is 12.1. The topological polar surface area (TPSA) is 64.7 Å². The third kappa shape index (κ3) is 3.73. The molecule has 0 atom stereocenters. The summed E-state index contributed by atoms with van der Waals surface area (Å²) < 4.78 is 53.9. The molecule has 1 N–H and O–H groups in total. The first-order chi connectivity index (χ1) is 12.2. The van der Waals surface area contributed by atoms with Crippen LogP contribution in [0.5, 0.6) is 0 Å². The van der Waals surface area contributed by atoms with Crippen LogP contribution in [0.4, 0.5) is 23.4 Å². The highest BCUT2D eigenvalue weighted by molar-refractivity contribution is 6.02.